The van der Waals surface area contributed by atoms with Crippen LogP contribution >= 0.6 is 11.3 Å². The predicted molar refractivity (Wildman–Crippen MR) is 46.7 cm³/mol. The lowest BCUT2D eigenvalue weighted by Crippen LogP contribution is -2.19. The van der Waals surface area contributed by atoms with Gasteiger partial charge in [-0.3, -0.25) is 4.79 Å². The normalized spacial score (nSPS) is 18.2. The average molecular weight is 202 g/mol. The minimum Gasteiger partial charge on any atom is -0.350 e. The van der Waals surface area contributed by atoms with Crippen molar-refractivity contribution in [2.24, 2.45) is 0 Å². The number of nitrogens with zero attached hydrogens (tertiary/aromatic N) is 2. The van der Waals surface area contributed by atoms with E-state index in [0.29, 0.717) is 26.2 Å². The third-order valence-electron chi connectivity index (χ3n) is 1.82. The van der Waals surface area contributed by atoms with Crippen LogP contribution in [0.4, 0.5) is 0 Å². The molecule has 72 valence electrons. The first-order valence-corrected chi connectivity index (χ1v) is 4.98. The topological polar surface area (TPSA) is 53.4 Å². The summed E-state index contributed by atoms with van der Waals surface area (Å²) in [7, 11) is 0. The molecule has 1 aliphatic heterocycles. The van der Waals surface area contributed by atoms with Crippen molar-refractivity contribution in [3.05, 3.63) is 15.2 Å². The minimum atomic E-state index is -0.159. The van der Waals surface area contributed by atoms with E-state index in [1.54, 1.807) is 5.51 Å². The standard InChI is InChI=1S/C7H10N2O3S/c10-7-9(8-5-13-7)2-1-6-11-3-4-12-6/h5-6H,1-4H2. The summed E-state index contributed by atoms with van der Waals surface area (Å²) in [5.41, 5.74) is 1.54. The Labute approximate surface area is 78.9 Å². The van der Waals surface area contributed by atoms with E-state index in [4.69, 9.17) is 9.47 Å². The molecule has 0 amide bonds. The summed E-state index contributed by atoms with van der Waals surface area (Å²) in [6, 6.07) is 0. The molecule has 0 aromatic carbocycles. The minimum absolute atomic E-state index is 0.0296. The van der Waals surface area contributed by atoms with Gasteiger partial charge in [0.1, 0.15) is 5.51 Å². The molecule has 1 aliphatic rings. The van der Waals surface area contributed by atoms with Crippen molar-refractivity contribution >= 4 is 11.3 Å². The number of aryl methyl sites for hydroxylation is 1. The molecule has 0 saturated carbocycles. The van der Waals surface area contributed by atoms with Crippen molar-refractivity contribution in [2.75, 3.05) is 13.2 Å². The molecule has 5 nitrogen and oxygen atoms in total. The van der Waals surface area contributed by atoms with Crippen LogP contribution in [0.3, 0.4) is 0 Å². The smallest absolute Gasteiger partial charge is 0.324 e. The van der Waals surface area contributed by atoms with Crippen LogP contribution in [-0.2, 0) is 16.0 Å². The van der Waals surface area contributed by atoms with E-state index in [9.17, 15) is 4.79 Å². The molecule has 0 unspecified atom stereocenters. The molecule has 2 rings (SSSR count). The van der Waals surface area contributed by atoms with Crippen LogP contribution < -0.4 is 4.87 Å². The summed E-state index contributed by atoms with van der Waals surface area (Å²) in [6.07, 6.45) is 0.525. The Kier molecular flexibility index (Phi) is 2.72. The highest BCUT2D eigenvalue weighted by atomic mass is 32.1. The van der Waals surface area contributed by atoms with Gasteiger partial charge in [0.05, 0.1) is 19.8 Å². The molecule has 13 heavy (non-hydrogen) atoms. The Morgan fingerprint density at radius 1 is 1.62 bits per heavy atom. The van der Waals surface area contributed by atoms with E-state index in [1.807, 2.05) is 0 Å². The van der Waals surface area contributed by atoms with Crippen LogP contribution in [0.25, 0.3) is 0 Å². The van der Waals surface area contributed by atoms with Gasteiger partial charge in [0, 0.05) is 6.42 Å². The van der Waals surface area contributed by atoms with Crippen LogP contribution in [-0.4, -0.2) is 29.3 Å². The van der Waals surface area contributed by atoms with Gasteiger partial charge < -0.3 is 9.47 Å². The lowest BCUT2D eigenvalue weighted by Gasteiger charge is -2.07. The Balaban J connectivity index is 1.85. The molecule has 0 N–H and O–H groups in total. The Bertz CT molecular complexity index is 316. The fourth-order valence-electron chi connectivity index (χ4n) is 1.18. The van der Waals surface area contributed by atoms with E-state index in [1.165, 1.54) is 4.68 Å². The average Bonchev–Trinajstić information content (AvgIpc) is 2.72. The number of hydrogen-bond acceptors (Lipinski definition) is 5. The van der Waals surface area contributed by atoms with Crippen LogP contribution in [0.1, 0.15) is 6.42 Å². The van der Waals surface area contributed by atoms with Gasteiger partial charge >= 0.3 is 4.87 Å². The molecular weight excluding hydrogens is 192 g/mol. The Hall–Kier alpha value is -0.720. The molecule has 0 spiro atoms. The Morgan fingerprint density at radius 3 is 3.00 bits per heavy atom. The van der Waals surface area contributed by atoms with Crippen LogP contribution in [0.5, 0.6) is 0 Å². The fraction of sp³-hybridized carbons (Fsp3) is 0.714. The van der Waals surface area contributed by atoms with E-state index < -0.39 is 0 Å². The van der Waals surface area contributed by atoms with Gasteiger partial charge in [0.2, 0.25) is 0 Å². The highest BCUT2D eigenvalue weighted by molar-refractivity contribution is 7.06. The van der Waals surface area contributed by atoms with Gasteiger partial charge in [0.15, 0.2) is 6.29 Å². The SMILES string of the molecule is O=c1scnn1CCC1OCCO1. The zero-order chi connectivity index (χ0) is 9.10. The molecule has 0 atom stereocenters. The van der Waals surface area contributed by atoms with E-state index >= 15 is 0 Å². The summed E-state index contributed by atoms with van der Waals surface area (Å²) >= 11 is 1.10. The second kappa shape index (κ2) is 3.99. The highest BCUT2D eigenvalue weighted by Gasteiger charge is 2.15. The largest absolute Gasteiger partial charge is 0.350 e. The second-order valence-electron chi connectivity index (χ2n) is 2.69. The van der Waals surface area contributed by atoms with E-state index in [-0.39, 0.29) is 11.2 Å². The lowest BCUT2D eigenvalue weighted by atomic mass is 10.4. The van der Waals surface area contributed by atoms with Gasteiger partial charge in [-0.05, 0) is 0 Å². The molecule has 1 aromatic rings. The summed E-state index contributed by atoms with van der Waals surface area (Å²) < 4.78 is 11.9. The molecule has 0 aliphatic carbocycles. The molecule has 1 aromatic heterocycles. The van der Waals surface area contributed by atoms with Crippen molar-refractivity contribution < 1.29 is 9.47 Å². The lowest BCUT2D eigenvalue weighted by molar-refractivity contribution is -0.0496. The first-order chi connectivity index (χ1) is 6.36. The first-order valence-electron chi connectivity index (χ1n) is 4.10. The maximum absolute atomic E-state index is 11.1. The van der Waals surface area contributed by atoms with Gasteiger partial charge in [-0.15, -0.1) is 0 Å². The third-order valence-corrected chi connectivity index (χ3v) is 2.43. The maximum atomic E-state index is 11.1. The van der Waals surface area contributed by atoms with Gasteiger partial charge in [-0.2, -0.15) is 5.10 Å². The van der Waals surface area contributed by atoms with Crippen molar-refractivity contribution in [1.82, 2.24) is 9.78 Å². The molecule has 0 bridgehead atoms. The molecule has 1 fully saturated rings. The quantitative estimate of drug-likeness (QED) is 0.696. The van der Waals surface area contributed by atoms with Crippen LogP contribution in [0, 0.1) is 0 Å². The number of hydrogen-bond donors (Lipinski definition) is 0. The first kappa shape index (κ1) is 8.86. The predicted octanol–water partition coefficient (Wildman–Crippen LogP) is 0.0678. The number of ether oxygens (including phenoxy) is 2. The monoisotopic (exact) mass is 202 g/mol. The molecule has 0 radical (unpaired) electrons. The van der Waals surface area contributed by atoms with Gasteiger partial charge in [-0.25, -0.2) is 4.68 Å². The molecule has 1 saturated heterocycles. The fourth-order valence-corrected chi connectivity index (χ4v) is 1.70. The summed E-state index contributed by atoms with van der Waals surface area (Å²) in [6.45, 7) is 1.86. The Morgan fingerprint density at radius 2 is 2.38 bits per heavy atom. The van der Waals surface area contributed by atoms with Crippen molar-refractivity contribution in [2.45, 2.75) is 19.3 Å². The number of rotatable bonds is 3. The van der Waals surface area contributed by atoms with Crippen LogP contribution in [0.15, 0.2) is 10.3 Å². The van der Waals surface area contributed by atoms with Crippen molar-refractivity contribution in [3.63, 3.8) is 0 Å². The van der Waals surface area contributed by atoms with Crippen LogP contribution in [0.2, 0.25) is 0 Å². The van der Waals surface area contributed by atoms with E-state index in [0.717, 1.165) is 11.3 Å². The number of aromatic nitrogens is 2. The van der Waals surface area contributed by atoms with E-state index in [2.05, 4.69) is 5.10 Å². The third kappa shape index (κ3) is 2.15. The summed E-state index contributed by atoms with van der Waals surface area (Å²) in [4.78, 5) is 11.0. The van der Waals surface area contributed by atoms with Gasteiger partial charge in [0.25, 0.3) is 0 Å². The van der Waals surface area contributed by atoms with Crippen molar-refractivity contribution in [1.29, 1.82) is 0 Å². The zero-order valence-electron chi connectivity index (χ0n) is 7.01. The molecule has 6 heteroatoms. The molecular formula is C7H10N2O3S. The van der Waals surface area contributed by atoms with Crippen molar-refractivity contribution in [3.8, 4) is 0 Å². The zero-order valence-corrected chi connectivity index (χ0v) is 7.83. The highest BCUT2D eigenvalue weighted by Crippen LogP contribution is 2.08. The summed E-state index contributed by atoms with van der Waals surface area (Å²) in [5, 5.41) is 3.89. The van der Waals surface area contributed by atoms with Gasteiger partial charge in [-0.1, -0.05) is 11.3 Å². The maximum Gasteiger partial charge on any atom is 0.324 e. The molecule has 2 heterocycles. The second-order valence-corrected chi connectivity index (χ2v) is 3.48. The summed E-state index contributed by atoms with van der Waals surface area (Å²) in [5.74, 6) is 0.